The van der Waals surface area contributed by atoms with Gasteiger partial charge in [0.1, 0.15) is 42.0 Å². The molecule has 284 valence electrons. The predicted molar refractivity (Wildman–Crippen MR) is 195 cm³/mol. The van der Waals surface area contributed by atoms with Crippen molar-refractivity contribution in [1.82, 2.24) is 31.2 Å². The van der Waals surface area contributed by atoms with Crippen LogP contribution in [0, 0.1) is 18.8 Å². The van der Waals surface area contributed by atoms with Crippen molar-refractivity contribution in [2.45, 2.75) is 84.0 Å². The van der Waals surface area contributed by atoms with E-state index in [1.165, 1.54) is 4.90 Å². The monoisotopic (exact) mass is 730 g/mol. The van der Waals surface area contributed by atoms with Crippen LogP contribution < -0.4 is 30.7 Å². The van der Waals surface area contributed by atoms with Gasteiger partial charge in [-0.05, 0) is 80.3 Å². The third kappa shape index (κ3) is 11.3. The molecule has 0 unspecified atom stereocenters. The number of benzene rings is 2. The lowest BCUT2D eigenvalue weighted by atomic mass is 10.0. The van der Waals surface area contributed by atoms with E-state index in [1.54, 1.807) is 69.5 Å². The molecule has 14 nitrogen and oxygen atoms in total. The van der Waals surface area contributed by atoms with E-state index in [9.17, 15) is 24.0 Å². The summed E-state index contributed by atoms with van der Waals surface area (Å²) in [5, 5.41) is 11.5. The molecule has 53 heavy (non-hydrogen) atoms. The van der Waals surface area contributed by atoms with E-state index >= 15 is 0 Å². The summed E-state index contributed by atoms with van der Waals surface area (Å²) in [5.74, 6) is -0.537. The molecule has 1 fully saturated rings. The first-order valence-electron chi connectivity index (χ1n) is 18.1. The molecule has 0 spiro atoms. The first-order chi connectivity index (χ1) is 25.4. The minimum atomic E-state index is -1.14. The van der Waals surface area contributed by atoms with Crippen LogP contribution in [-0.2, 0) is 32.0 Å². The number of ether oxygens (including phenoxy) is 2. The standard InChI is InChI=1S/C39H50N6O8/c1-23(2)16-29-21-52-31-14-10-27(11-15-31)18-33(44-38(49)35-25(4)53-22-40-35)37(48)43-32(17-26-8-12-30(51-5)13-9-26)36(47)41-24(3)39(50)45(19-28-6-7-28)20-34(46)42-29/h8-15,22-24,28-29,32-33H,6-7,16-21H2,1-5H3,(H,41,47)(H,42,46)(H,43,48)(H,44,49)/t24-,29+,32+,33+/m1/s1. The SMILES string of the molecule is COc1ccc(C[C@@H]2NC(=O)[C@@H](NC(=O)c3ncoc3C)Cc3ccc(cc3)OC[C@H](CC(C)C)NC(=O)CN(CC3CC3)C(=O)[C@@H](C)NC2=O)cc1. The van der Waals surface area contributed by atoms with Gasteiger partial charge in [0.25, 0.3) is 5.91 Å². The number of hydrogen-bond donors (Lipinski definition) is 4. The molecular formula is C39H50N6O8. The Morgan fingerprint density at radius 3 is 2.34 bits per heavy atom. The molecule has 4 N–H and O–H groups in total. The average Bonchev–Trinajstić information content (AvgIpc) is 3.84. The van der Waals surface area contributed by atoms with Gasteiger partial charge in [0.05, 0.1) is 19.7 Å². The number of rotatable bonds is 9. The summed E-state index contributed by atoms with van der Waals surface area (Å²) >= 11 is 0. The smallest absolute Gasteiger partial charge is 0.274 e. The minimum Gasteiger partial charge on any atom is -0.497 e. The van der Waals surface area contributed by atoms with E-state index in [1.807, 2.05) is 0 Å². The Morgan fingerprint density at radius 1 is 1.00 bits per heavy atom. The number of aryl methyl sites for hydroxylation is 1. The van der Waals surface area contributed by atoms with Crippen molar-refractivity contribution in [1.29, 1.82) is 0 Å². The molecule has 1 saturated carbocycles. The van der Waals surface area contributed by atoms with Gasteiger partial charge in [-0.25, -0.2) is 4.98 Å². The molecule has 2 bridgehead atoms. The summed E-state index contributed by atoms with van der Waals surface area (Å²) in [5.41, 5.74) is 1.46. The van der Waals surface area contributed by atoms with Gasteiger partial charge in [0.2, 0.25) is 23.6 Å². The Bertz CT molecular complexity index is 1740. The zero-order valence-electron chi connectivity index (χ0n) is 31.0. The van der Waals surface area contributed by atoms with Crippen LogP contribution in [0.2, 0.25) is 0 Å². The Balaban J connectivity index is 1.47. The van der Waals surface area contributed by atoms with Crippen molar-refractivity contribution in [3.8, 4) is 11.5 Å². The van der Waals surface area contributed by atoms with Gasteiger partial charge < -0.3 is 40.1 Å². The Morgan fingerprint density at radius 2 is 1.72 bits per heavy atom. The van der Waals surface area contributed by atoms with Crippen LogP contribution in [-0.4, -0.2) is 90.4 Å². The van der Waals surface area contributed by atoms with E-state index in [0.29, 0.717) is 30.0 Å². The second-order valence-electron chi connectivity index (χ2n) is 14.3. The quantitative estimate of drug-likeness (QED) is 0.241. The number of hydrogen-bond acceptors (Lipinski definition) is 9. The number of amides is 5. The number of oxazole rings is 1. The molecule has 3 aliphatic rings. The highest BCUT2D eigenvalue weighted by Gasteiger charge is 2.34. The zero-order chi connectivity index (χ0) is 38.1. The number of nitrogens with one attached hydrogen (secondary N) is 4. The first-order valence-corrected chi connectivity index (χ1v) is 18.1. The summed E-state index contributed by atoms with van der Waals surface area (Å²) < 4.78 is 16.6. The van der Waals surface area contributed by atoms with Crippen LogP contribution in [0.15, 0.2) is 59.3 Å². The summed E-state index contributed by atoms with van der Waals surface area (Å²) in [6.07, 6.45) is 3.87. The fourth-order valence-corrected chi connectivity index (χ4v) is 6.27. The lowest BCUT2D eigenvalue weighted by molar-refractivity contribution is -0.140. The van der Waals surface area contributed by atoms with Crippen LogP contribution in [0.4, 0.5) is 0 Å². The Labute approximate surface area is 309 Å². The van der Waals surface area contributed by atoms with E-state index in [0.717, 1.165) is 24.8 Å². The van der Waals surface area contributed by atoms with Crippen LogP contribution >= 0.6 is 0 Å². The van der Waals surface area contributed by atoms with Crippen molar-refractivity contribution in [2.75, 3.05) is 26.8 Å². The van der Waals surface area contributed by atoms with Gasteiger partial charge in [-0.3, -0.25) is 24.0 Å². The number of carbonyl (C=O) groups is 5. The predicted octanol–water partition coefficient (Wildman–Crippen LogP) is 2.73. The van der Waals surface area contributed by atoms with E-state index in [-0.39, 0.29) is 61.2 Å². The summed E-state index contributed by atoms with van der Waals surface area (Å²) in [4.78, 5) is 74.2. The molecule has 2 aliphatic heterocycles. The zero-order valence-corrected chi connectivity index (χ0v) is 31.0. The van der Waals surface area contributed by atoms with Gasteiger partial charge in [-0.2, -0.15) is 0 Å². The van der Waals surface area contributed by atoms with Crippen molar-refractivity contribution in [3.05, 3.63) is 77.5 Å². The van der Waals surface area contributed by atoms with Crippen molar-refractivity contribution >= 4 is 29.5 Å². The molecule has 1 aromatic heterocycles. The van der Waals surface area contributed by atoms with Gasteiger partial charge >= 0.3 is 0 Å². The lowest BCUT2D eigenvalue weighted by Crippen LogP contribution is -2.58. The number of fused-ring (bicyclic) bond motifs is 17. The van der Waals surface area contributed by atoms with Crippen molar-refractivity contribution < 1.29 is 37.9 Å². The second-order valence-corrected chi connectivity index (χ2v) is 14.3. The highest BCUT2D eigenvalue weighted by atomic mass is 16.5. The molecule has 4 atom stereocenters. The highest BCUT2D eigenvalue weighted by Crippen LogP contribution is 2.30. The van der Waals surface area contributed by atoms with E-state index in [4.69, 9.17) is 13.9 Å². The fraction of sp³-hybridized carbons (Fsp3) is 0.487. The van der Waals surface area contributed by atoms with E-state index < -0.39 is 41.8 Å². The summed E-state index contributed by atoms with van der Waals surface area (Å²) in [6.45, 7) is 7.71. The summed E-state index contributed by atoms with van der Waals surface area (Å²) in [7, 11) is 1.55. The lowest BCUT2D eigenvalue weighted by Gasteiger charge is -2.29. The van der Waals surface area contributed by atoms with Crippen LogP contribution in [0.25, 0.3) is 0 Å². The van der Waals surface area contributed by atoms with Crippen LogP contribution in [0.3, 0.4) is 0 Å². The van der Waals surface area contributed by atoms with Crippen molar-refractivity contribution in [3.63, 3.8) is 0 Å². The van der Waals surface area contributed by atoms with Crippen LogP contribution in [0.1, 0.15) is 67.4 Å². The molecular weight excluding hydrogens is 680 g/mol. The molecule has 0 saturated heterocycles. The van der Waals surface area contributed by atoms with E-state index in [2.05, 4.69) is 40.1 Å². The van der Waals surface area contributed by atoms with Gasteiger partial charge in [-0.1, -0.05) is 38.1 Å². The topological polar surface area (TPSA) is 181 Å². The number of methoxy groups -OCH3 is 1. The minimum absolute atomic E-state index is 0.0339. The summed E-state index contributed by atoms with van der Waals surface area (Å²) in [6, 6.07) is 10.6. The maximum absolute atomic E-state index is 14.1. The molecule has 14 heteroatoms. The average molecular weight is 731 g/mol. The Hall–Kier alpha value is -5.40. The number of carbonyl (C=O) groups excluding carboxylic acids is 5. The molecule has 1 aliphatic carbocycles. The highest BCUT2D eigenvalue weighted by molar-refractivity contribution is 5.98. The molecule has 5 amide bonds. The number of aromatic nitrogens is 1. The fourth-order valence-electron chi connectivity index (χ4n) is 6.27. The molecule has 6 rings (SSSR count). The maximum Gasteiger partial charge on any atom is 0.274 e. The molecule has 3 aromatic rings. The molecule has 2 aromatic carbocycles. The van der Waals surface area contributed by atoms with Crippen molar-refractivity contribution in [2.24, 2.45) is 11.8 Å². The second kappa shape index (κ2) is 17.9. The molecule has 0 radical (unpaired) electrons. The van der Waals surface area contributed by atoms with Gasteiger partial charge in [0.15, 0.2) is 12.1 Å². The maximum atomic E-state index is 14.1. The molecule has 3 heterocycles. The van der Waals surface area contributed by atoms with Gasteiger partial charge in [0, 0.05) is 19.4 Å². The van der Waals surface area contributed by atoms with Crippen LogP contribution in [0.5, 0.6) is 11.5 Å². The van der Waals surface area contributed by atoms with Gasteiger partial charge in [-0.15, -0.1) is 0 Å². The normalized spacial score (nSPS) is 22.0. The largest absolute Gasteiger partial charge is 0.497 e. The first kappa shape index (κ1) is 38.8. The Kier molecular flexibility index (Phi) is 13.1. The third-order valence-corrected chi connectivity index (χ3v) is 9.30. The third-order valence-electron chi connectivity index (χ3n) is 9.30. The number of nitrogens with zero attached hydrogens (tertiary/aromatic N) is 2.